The van der Waals surface area contributed by atoms with Gasteiger partial charge in [0.15, 0.2) is 17.5 Å². The molecule has 1 unspecified atom stereocenters. The lowest BCUT2D eigenvalue weighted by Crippen LogP contribution is -2.34. The van der Waals surface area contributed by atoms with Crippen molar-refractivity contribution in [2.75, 3.05) is 0 Å². The van der Waals surface area contributed by atoms with Gasteiger partial charge in [0.2, 0.25) is 0 Å². The van der Waals surface area contributed by atoms with Crippen molar-refractivity contribution in [3.05, 3.63) is 35.1 Å². The van der Waals surface area contributed by atoms with Crippen molar-refractivity contribution in [3.8, 4) is 0 Å². The smallest absolute Gasteiger partial charge is 0.313 e. The highest BCUT2D eigenvalue weighted by atomic mass is 19.2. The highest BCUT2D eigenvalue weighted by Gasteiger charge is 2.39. The Kier molecular flexibility index (Phi) is 4.18. The summed E-state index contributed by atoms with van der Waals surface area (Å²) in [4.78, 5) is 21.7. The van der Waals surface area contributed by atoms with Gasteiger partial charge in [0.1, 0.15) is 0 Å². The summed E-state index contributed by atoms with van der Waals surface area (Å²) >= 11 is 0. The van der Waals surface area contributed by atoms with Crippen molar-refractivity contribution < 1.29 is 33.0 Å². The molecule has 0 spiro atoms. The summed E-state index contributed by atoms with van der Waals surface area (Å²) in [7, 11) is 0. The van der Waals surface area contributed by atoms with E-state index in [1.54, 1.807) is 0 Å². The van der Waals surface area contributed by atoms with Gasteiger partial charge in [-0.25, -0.2) is 13.2 Å². The van der Waals surface area contributed by atoms with Gasteiger partial charge in [-0.2, -0.15) is 0 Å². The molecule has 2 N–H and O–H groups in total. The highest BCUT2D eigenvalue weighted by molar-refractivity contribution is 5.81. The van der Waals surface area contributed by atoms with E-state index in [2.05, 4.69) is 0 Å². The minimum Gasteiger partial charge on any atom is -0.481 e. The largest absolute Gasteiger partial charge is 0.481 e. The third kappa shape index (κ3) is 2.86. The molecule has 0 heterocycles. The normalized spacial score (nSPS) is 13.9. The maximum atomic E-state index is 13.6. The summed E-state index contributed by atoms with van der Waals surface area (Å²) in [6, 6.07) is 1.42. The molecule has 0 saturated carbocycles. The molecule has 0 aliphatic heterocycles. The molecule has 0 aliphatic carbocycles. The molecular weight excluding hydrogens is 265 g/mol. The molecule has 0 aromatic heterocycles. The van der Waals surface area contributed by atoms with E-state index in [4.69, 9.17) is 10.2 Å². The average Bonchev–Trinajstić information content (AvgIpc) is 2.33. The molecule has 0 bridgehead atoms. The Bertz CT molecular complexity index is 530. The number of carboxylic acid groups (broad SMARTS) is 2. The van der Waals surface area contributed by atoms with Crippen LogP contribution in [0.5, 0.6) is 0 Å². The van der Waals surface area contributed by atoms with Crippen LogP contribution in [0.2, 0.25) is 0 Å². The molecule has 0 radical (unpaired) electrons. The molecule has 1 atom stereocenters. The zero-order valence-electron chi connectivity index (χ0n) is 9.91. The monoisotopic (exact) mass is 276 g/mol. The fourth-order valence-corrected chi connectivity index (χ4v) is 1.67. The fourth-order valence-electron chi connectivity index (χ4n) is 1.67. The Morgan fingerprint density at radius 1 is 1.16 bits per heavy atom. The molecule has 0 aliphatic rings. The van der Waals surface area contributed by atoms with E-state index in [0.29, 0.717) is 6.07 Å². The van der Waals surface area contributed by atoms with E-state index < -0.39 is 53.2 Å². The van der Waals surface area contributed by atoms with Gasteiger partial charge in [-0.3, -0.25) is 9.59 Å². The second-order valence-electron chi connectivity index (χ2n) is 4.25. The van der Waals surface area contributed by atoms with Crippen LogP contribution in [0.1, 0.15) is 25.3 Å². The zero-order valence-corrected chi connectivity index (χ0v) is 9.91. The van der Waals surface area contributed by atoms with Crippen molar-refractivity contribution in [2.45, 2.75) is 25.2 Å². The first-order valence-electron chi connectivity index (χ1n) is 5.29. The van der Waals surface area contributed by atoms with Crippen LogP contribution in [0, 0.1) is 17.5 Å². The number of carbonyl (C=O) groups is 2. The predicted octanol–water partition coefficient (Wildman–Crippen LogP) is 2.31. The molecule has 104 valence electrons. The minimum atomic E-state index is -1.95. The van der Waals surface area contributed by atoms with Crippen molar-refractivity contribution in [1.82, 2.24) is 0 Å². The lowest BCUT2D eigenvalue weighted by Gasteiger charge is -2.25. The lowest BCUT2D eigenvalue weighted by molar-refractivity contribution is -0.144. The van der Waals surface area contributed by atoms with Crippen LogP contribution in [0.3, 0.4) is 0 Å². The SMILES string of the molecule is CC(CCC(=O)O)(C(=O)O)c1ccc(F)c(F)c1F. The van der Waals surface area contributed by atoms with Gasteiger partial charge in [-0.15, -0.1) is 0 Å². The quantitative estimate of drug-likeness (QED) is 0.809. The number of halogens is 3. The number of benzene rings is 1. The third-order valence-corrected chi connectivity index (χ3v) is 2.94. The Balaban J connectivity index is 3.30. The van der Waals surface area contributed by atoms with Crippen LogP contribution < -0.4 is 0 Å². The summed E-state index contributed by atoms with van der Waals surface area (Å²) in [6.45, 7) is 1.06. The van der Waals surface area contributed by atoms with E-state index in [1.165, 1.54) is 0 Å². The molecular formula is C12H11F3O4. The van der Waals surface area contributed by atoms with E-state index in [9.17, 15) is 22.8 Å². The molecule has 0 amide bonds. The summed E-state index contributed by atoms with van der Waals surface area (Å²) in [5.41, 5.74) is -2.53. The Morgan fingerprint density at radius 2 is 1.74 bits per heavy atom. The van der Waals surface area contributed by atoms with Crippen LogP contribution in [-0.2, 0) is 15.0 Å². The molecule has 19 heavy (non-hydrogen) atoms. The van der Waals surface area contributed by atoms with Crippen LogP contribution in [-0.4, -0.2) is 22.2 Å². The van der Waals surface area contributed by atoms with Gasteiger partial charge >= 0.3 is 11.9 Å². The minimum absolute atomic E-state index is 0.445. The van der Waals surface area contributed by atoms with E-state index in [-0.39, 0.29) is 0 Å². The van der Waals surface area contributed by atoms with Gasteiger partial charge in [0.05, 0.1) is 5.41 Å². The van der Waals surface area contributed by atoms with Gasteiger partial charge in [0.25, 0.3) is 0 Å². The number of hydrogen-bond acceptors (Lipinski definition) is 2. The van der Waals surface area contributed by atoms with Crippen LogP contribution >= 0.6 is 0 Å². The van der Waals surface area contributed by atoms with E-state index in [1.807, 2.05) is 0 Å². The van der Waals surface area contributed by atoms with Crippen LogP contribution in [0.4, 0.5) is 13.2 Å². The number of rotatable bonds is 5. The first-order chi connectivity index (χ1) is 8.70. The van der Waals surface area contributed by atoms with Crippen molar-refractivity contribution in [1.29, 1.82) is 0 Å². The maximum Gasteiger partial charge on any atom is 0.313 e. The summed E-state index contributed by atoms with van der Waals surface area (Å²) in [5, 5.41) is 17.7. The zero-order chi connectivity index (χ0) is 14.8. The predicted molar refractivity (Wildman–Crippen MR) is 58.2 cm³/mol. The standard InChI is InChI=1S/C12H11F3O4/c1-12(11(18)19,5-4-8(16)17)6-2-3-7(13)10(15)9(6)14/h2-3H,4-5H2,1H3,(H,16,17)(H,18,19). The molecule has 1 rings (SSSR count). The summed E-state index contributed by atoms with van der Waals surface area (Å²) in [5.74, 6) is -7.61. The first-order valence-corrected chi connectivity index (χ1v) is 5.29. The van der Waals surface area contributed by atoms with Gasteiger partial charge < -0.3 is 10.2 Å². The summed E-state index contributed by atoms with van der Waals surface area (Å²) in [6.07, 6.45) is -0.985. The van der Waals surface area contributed by atoms with Crippen molar-refractivity contribution in [2.24, 2.45) is 0 Å². The van der Waals surface area contributed by atoms with Gasteiger partial charge in [-0.05, 0) is 19.4 Å². The molecule has 1 aromatic rings. The second-order valence-corrected chi connectivity index (χ2v) is 4.25. The highest BCUT2D eigenvalue weighted by Crippen LogP contribution is 2.33. The average molecular weight is 276 g/mol. The van der Waals surface area contributed by atoms with Crippen LogP contribution in [0.25, 0.3) is 0 Å². The molecule has 0 fully saturated rings. The topological polar surface area (TPSA) is 74.6 Å². The maximum absolute atomic E-state index is 13.6. The Labute approximate surface area is 106 Å². The molecule has 7 heteroatoms. The molecule has 0 saturated heterocycles. The van der Waals surface area contributed by atoms with Gasteiger partial charge in [-0.1, -0.05) is 6.07 Å². The number of aliphatic carboxylic acids is 2. The Hall–Kier alpha value is -2.05. The van der Waals surface area contributed by atoms with Crippen molar-refractivity contribution in [3.63, 3.8) is 0 Å². The lowest BCUT2D eigenvalue weighted by atomic mass is 9.78. The van der Waals surface area contributed by atoms with Crippen molar-refractivity contribution >= 4 is 11.9 Å². The van der Waals surface area contributed by atoms with Gasteiger partial charge in [0, 0.05) is 12.0 Å². The number of hydrogen-bond donors (Lipinski definition) is 2. The van der Waals surface area contributed by atoms with E-state index in [0.717, 1.165) is 13.0 Å². The summed E-state index contributed by atoms with van der Waals surface area (Å²) < 4.78 is 39.5. The van der Waals surface area contributed by atoms with E-state index >= 15 is 0 Å². The number of carboxylic acids is 2. The Morgan fingerprint density at radius 3 is 2.21 bits per heavy atom. The van der Waals surface area contributed by atoms with Crippen LogP contribution in [0.15, 0.2) is 12.1 Å². The molecule has 4 nitrogen and oxygen atoms in total. The second kappa shape index (κ2) is 5.29. The first kappa shape index (κ1) is 15.0. The fraction of sp³-hybridized carbons (Fsp3) is 0.333. The molecule has 1 aromatic carbocycles. The third-order valence-electron chi connectivity index (χ3n) is 2.94.